The summed E-state index contributed by atoms with van der Waals surface area (Å²) < 4.78 is 0. The summed E-state index contributed by atoms with van der Waals surface area (Å²) in [5.74, 6) is 0.0712. The van der Waals surface area contributed by atoms with Crippen LogP contribution < -0.4 is 5.73 Å². The first-order valence-electron chi connectivity index (χ1n) is 7.01. The maximum Gasteiger partial charge on any atom is 0.227 e. The van der Waals surface area contributed by atoms with E-state index in [1.165, 1.54) is 0 Å². The monoisotopic (exact) mass is 314 g/mol. The number of benzene rings is 1. The molecule has 2 rings (SSSR count). The van der Waals surface area contributed by atoms with Crippen LogP contribution in [-0.4, -0.2) is 23.4 Å². The third kappa shape index (κ3) is 3.66. The second-order valence-corrected chi connectivity index (χ2v) is 6.10. The van der Waals surface area contributed by atoms with Crippen molar-refractivity contribution in [2.75, 3.05) is 6.54 Å². The molecule has 1 aliphatic carbocycles. The van der Waals surface area contributed by atoms with Gasteiger partial charge in [-0.25, -0.2) is 0 Å². The molecule has 0 aromatic heterocycles. The van der Waals surface area contributed by atoms with E-state index in [1.807, 2.05) is 24.0 Å². The van der Waals surface area contributed by atoms with E-state index in [0.29, 0.717) is 29.2 Å². The molecule has 5 heteroatoms. The molecule has 1 aromatic rings. The molecule has 20 heavy (non-hydrogen) atoms. The largest absolute Gasteiger partial charge is 0.335 e. The number of nitrogens with zero attached hydrogens (tertiary/aromatic N) is 1. The smallest absolute Gasteiger partial charge is 0.227 e. The molecule has 2 N–H and O–H groups in total. The Labute approximate surface area is 130 Å². The number of carbonyl (C=O) groups excluding carboxylic acids is 1. The Bertz CT molecular complexity index is 485. The normalized spacial score (nSPS) is 16.0. The Balaban J connectivity index is 2.13. The molecule has 1 atom stereocenters. The summed E-state index contributed by atoms with van der Waals surface area (Å²) in [5.41, 5.74) is 6.70. The highest BCUT2D eigenvalue weighted by Crippen LogP contribution is 2.31. The first-order valence-corrected chi connectivity index (χ1v) is 7.76. The van der Waals surface area contributed by atoms with E-state index in [4.69, 9.17) is 28.9 Å². The van der Waals surface area contributed by atoms with Crippen molar-refractivity contribution in [1.82, 2.24) is 4.90 Å². The number of amides is 1. The predicted molar refractivity (Wildman–Crippen MR) is 82.9 cm³/mol. The van der Waals surface area contributed by atoms with Crippen LogP contribution in [0.2, 0.25) is 10.0 Å². The van der Waals surface area contributed by atoms with Gasteiger partial charge in [0.25, 0.3) is 0 Å². The minimum Gasteiger partial charge on any atom is -0.335 e. The van der Waals surface area contributed by atoms with Crippen molar-refractivity contribution in [3.05, 3.63) is 33.8 Å². The molecule has 1 fully saturated rings. The van der Waals surface area contributed by atoms with Crippen LogP contribution in [0, 0.1) is 5.92 Å². The van der Waals surface area contributed by atoms with Crippen molar-refractivity contribution in [3.63, 3.8) is 0 Å². The number of carbonyl (C=O) groups is 1. The molecular formula is C15H20Cl2N2O. The van der Waals surface area contributed by atoms with E-state index in [0.717, 1.165) is 24.8 Å². The van der Waals surface area contributed by atoms with Gasteiger partial charge in [0.2, 0.25) is 5.91 Å². The van der Waals surface area contributed by atoms with Gasteiger partial charge in [0.05, 0.1) is 16.0 Å². The van der Waals surface area contributed by atoms with Gasteiger partial charge >= 0.3 is 0 Å². The van der Waals surface area contributed by atoms with Gasteiger partial charge in [0.15, 0.2) is 0 Å². The van der Waals surface area contributed by atoms with Crippen LogP contribution in [0.1, 0.15) is 31.7 Å². The molecule has 1 aromatic carbocycles. The molecule has 0 heterocycles. The standard InChI is InChI=1S/C15H20Cl2N2O/c1-2-11(8-18)15(20)19(12-4-5-12)9-10-3-6-13(16)14(17)7-10/h3,6-7,11-12H,2,4-5,8-9,18H2,1H3. The highest BCUT2D eigenvalue weighted by molar-refractivity contribution is 6.42. The lowest BCUT2D eigenvalue weighted by Crippen LogP contribution is -2.39. The molecule has 0 bridgehead atoms. The highest BCUT2D eigenvalue weighted by Gasteiger charge is 2.34. The Morgan fingerprint density at radius 1 is 1.40 bits per heavy atom. The molecule has 0 spiro atoms. The minimum atomic E-state index is -0.0848. The molecule has 1 saturated carbocycles. The quantitative estimate of drug-likeness (QED) is 0.874. The number of rotatable bonds is 6. The molecule has 1 amide bonds. The molecule has 0 saturated heterocycles. The fraction of sp³-hybridized carbons (Fsp3) is 0.533. The topological polar surface area (TPSA) is 46.3 Å². The molecule has 1 aliphatic rings. The highest BCUT2D eigenvalue weighted by atomic mass is 35.5. The van der Waals surface area contributed by atoms with Gasteiger partial charge in [-0.3, -0.25) is 4.79 Å². The Hall–Kier alpha value is -0.770. The number of hydrogen-bond acceptors (Lipinski definition) is 2. The van der Waals surface area contributed by atoms with Gasteiger partial charge < -0.3 is 10.6 Å². The van der Waals surface area contributed by atoms with Gasteiger partial charge in [0, 0.05) is 19.1 Å². The summed E-state index contributed by atoms with van der Waals surface area (Å²) in [6, 6.07) is 5.88. The van der Waals surface area contributed by atoms with Gasteiger partial charge in [-0.2, -0.15) is 0 Å². The van der Waals surface area contributed by atoms with E-state index in [-0.39, 0.29) is 11.8 Å². The lowest BCUT2D eigenvalue weighted by molar-refractivity contribution is -0.136. The maximum absolute atomic E-state index is 12.5. The van der Waals surface area contributed by atoms with Crippen LogP contribution in [0.25, 0.3) is 0 Å². The van der Waals surface area contributed by atoms with Gasteiger partial charge in [0.1, 0.15) is 0 Å². The van der Waals surface area contributed by atoms with Crippen LogP contribution in [0.15, 0.2) is 18.2 Å². The minimum absolute atomic E-state index is 0.0848. The average Bonchev–Trinajstić information content (AvgIpc) is 3.25. The molecule has 3 nitrogen and oxygen atoms in total. The average molecular weight is 315 g/mol. The van der Waals surface area contributed by atoms with E-state index < -0.39 is 0 Å². The van der Waals surface area contributed by atoms with Crippen LogP contribution in [-0.2, 0) is 11.3 Å². The van der Waals surface area contributed by atoms with Crippen molar-refractivity contribution in [2.24, 2.45) is 11.7 Å². The number of hydrogen-bond donors (Lipinski definition) is 1. The molecular weight excluding hydrogens is 295 g/mol. The number of nitrogens with two attached hydrogens (primary N) is 1. The Morgan fingerprint density at radius 3 is 2.60 bits per heavy atom. The maximum atomic E-state index is 12.5. The zero-order valence-electron chi connectivity index (χ0n) is 11.6. The van der Waals surface area contributed by atoms with Crippen molar-refractivity contribution in [1.29, 1.82) is 0 Å². The van der Waals surface area contributed by atoms with Crippen molar-refractivity contribution < 1.29 is 4.79 Å². The van der Waals surface area contributed by atoms with E-state index >= 15 is 0 Å². The summed E-state index contributed by atoms with van der Waals surface area (Å²) in [7, 11) is 0. The Kier molecular flexibility index (Phi) is 5.30. The first-order chi connectivity index (χ1) is 9.56. The van der Waals surface area contributed by atoms with Gasteiger partial charge in [-0.05, 0) is 37.0 Å². The van der Waals surface area contributed by atoms with Crippen LogP contribution in [0.4, 0.5) is 0 Å². The second kappa shape index (κ2) is 6.79. The van der Waals surface area contributed by atoms with Crippen LogP contribution in [0.3, 0.4) is 0 Å². The fourth-order valence-electron chi connectivity index (χ4n) is 2.28. The summed E-state index contributed by atoms with van der Waals surface area (Å²) in [6.07, 6.45) is 2.93. The lowest BCUT2D eigenvalue weighted by Gasteiger charge is -2.26. The predicted octanol–water partition coefficient (Wildman–Crippen LogP) is 3.47. The first kappa shape index (κ1) is 15.6. The number of halogens is 2. The third-order valence-electron chi connectivity index (χ3n) is 3.73. The van der Waals surface area contributed by atoms with Crippen LogP contribution >= 0.6 is 23.2 Å². The summed E-state index contributed by atoms with van der Waals surface area (Å²) in [5, 5.41) is 1.06. The van der Waals surface area contributed by atoms with Crippen LogP contribution in [0.5, 0.6) is 0 Å². The van der Waals surface area contributed by atoms with Crippen molar-refractivity contribution >= 4 is 29.1 Å². The van der Waals surface area contributed by atoms with Gasteiger partial charge in [-0.15, -0.1) is 0 Å². The summed E-state index contributed by atoms with van der Waals surface area (Å²) in [4.78, 5) is 14.5. The van der Waals surface area contributed by atoms with Gasteiger partial charge in [-0.1, -0.05) is 36.2 Å². The Morgan fingerprint density at radius 2 is 2.10 bits per heavy atom. The summed E-state index contributed by atoms with van der Waals surface area (Å²) >= 11 is 12.0. The second-order valence-electron chi connectivity index (χ2n) is 5.29. The molecule has 1 unspecified atom stereocenters. The lowest BCUT2D eigenvalue weighted by atomic mass is 10.0. The fourth-order valence-corrected chi connectivity index (χ4v) is 2.61. The van der Waals surface area contributed by atoms with E-state index in [9.17, 15) is 4.79 Å². The van der Waals surface area contributed by atoms with E-state index in [2.05, 4.69) is 0 Å². The summed E-state index contributed by atoms with van der Waals surface area (Å²) in [6.45, 7) is 2.98. The molecule has 110 valence electrons. The van der Waals surface area contributed by atoms with E-state index in [1.54, 1.807) is 6.07 Å². The molecule has 0 radical (unpaired) electrons. The van der Waals surface area contributed by atoms with Crippen molar-refractivity contribution in [3.8, 4) is 0 Å². The SMILES string of the molecule is CCC(CN)C(=O)N(Cc1ccc(Cl)c(Cl)c1)C1CC1. The molecule has 0 aliphatic heterocycles. The zero-order valence-corrected chi connectivity index (χ0v) is 13.1. The van der Waals surface area contributed by atoms with Crippen molar-refractivity contribution in [2.45, 2.75) is 38.8 Å². The zero-order chi connectivity index (χ0) is 14.7. The third-order valence-corrected chi connectivity index (χ3v) is 4.47.